The fraction of sp³-hybridized carbons (Fsp3) is 0.667. The third kappa shape index (κ3) is 3.32. The van der Waals surface area contributed by atoms with E-state index < -0.39 is 0 Å². The summed E-state index contributed by atoms with van der Waals surface area (Å²) in [6.07, 6.45) is 6.22. The van der Waals surface area contributed by atoms with Crippen LogP contribution in [0.3, 0.4) is 0 Å². The largest absolute Gasteiger partial charge is 0.353 e. The number of aromatic nitrogens is 1. The van der Waals surface area contributed by atoms with Gasteiger partial charge in [0, 0.05) is 18.7 Å². The minimum absolute atomic E-state index is 0.0777. The summed E-state index contributed by atoms with van der Waals surface area (Å²) in [5, 5.41) is 14.2. The van der Waals surface area contributed by atoms with E-state index in [-0.39, 0.29) is 10.6 Å². The first kappa shape index (κ1) is 14.3. The van der Waals surface area contributed by atoms with Gasteiger partial charge in [-0.25, -0.2) is 4.98 Å². The molecule has 0 unspecified atom stereocenters. The number of nitrogens with zero attached hydrogens (tertiary/aromatic N) is 3. The number of rotatable bonds is 5. The molecule has 1 aromatic heterocycles. The van der Waals surface area contributed by atoms with Gasteiger partial charge in [0.2, 0.25) is 0 Å². The van der Waals surface area contributed by atoms with E-state index in [0.717, 1.165) is 31.0 Å². The Kier molecular flexibility index (Phi) is 4.05. The zero-order valence-electron chi connectivity index (χ0n) is 12.4. The van der Waals surface area contributed by atoms with E-state index in [2.05, 4.69) is 15.2 Å². The van der Waals surface area contributed by atoms with E-state index in [1.807, 2.05) is 6.92 Å². The molecule has 1 saturated heterocycles. The van der Waals surface area contributed by atoms with Gasteiger partial charge in [-0.3, -0.25) is 10.1 Å². The standard InChI is InChI=1S/C15H22N4O2/c1-11-8-14(19(20)21)9-17-15(11)18(13-2-3-13)10-12-4-6-16-7-5-12/h8-9,12-13,16H,2-7,10H2,1H3. The van der Waals surface area contributed by atoms with Crippen molar-refractivity contribution in [2.45, 2.75) is 38.6 Å². The van der Waals surface area contributed by atoms with Crippen LogP contribution < -0.4 is 10.2 Å². The molecule has 1 aliphatic heterocycles. The van der Waals surface area contributed by atoms with E-state index in [4.69, 9.17) is 0 Å². The Morgan fingerprint density at radius 1 is 1.38 bits per heavy atom. The molecule has 6 heteroatoms. The van der Waals surface area contributed by atoms with Crippen molar-refractivity contribution >= 4 is 11.5 Å². The Hall–Kier alpha value is -1.69. The van der Waals surface area contributed by atoms with E-state index in [9.17, 15) is 10.1 Å². The van der Waals surface area contributed by atoms with E-state index in [1.165, 1.54) is 31.9 Å². The molecule has 2 aliphatic rings. The van der Waals surface area contributed by atoms with Crippen molar-refractivity contribution in [2.24, 2.45) is 5.92 Å². The van der Waals surface area contributed by atoms with E-state index >= 15 is 0 Å². The molecular weight excluding hydrogens is 268 g/mol. The summed E-state index contributed by atoms with van der Waals surface area (Å²) in [5.41, 5.74) is 0.985. The Morgan fingerprint density at radius 2 is 2.10 bits per heavy atom. The first-order valence-corrected chi connectivity index (χ1v) is 7.73. The second kappa shape index (κ2) is 5.97. The Bertz CT molecular complexity index is 524. The lowest BCUT2D eigenvalue weighted by Crippen LogP contribution is -2.38. The van der Waals surface area contributed by atoms with Gasteiger partial charge < -0.3 is 10.2 Å². The molecule has 3 rings (SSSR count). The Balaban J connectivity index is 1.78. The van der Waals surface area contributed by atoms with E-state index in [1.54, 1.807) is 6.07 Å². The molecule has 1 N–H and O–H groups in total. The predicted molar refractivity (Wildman–Crippen MR) is 81.6 cm³/mol. The molecule has 6 nitrogen and oxygen atoms in total. The quantitative estimate of drug-likeness (QED) is 0.665. The summed E-state index contributed by atoms with van der Waals surface area (Å²) in [6, 6.07) is 2.22. The highest BCUT2D eigenvalue weighted by molar-refractivity contribution is 5.52. The van der Waals surface area contributed by atoms with Crippen molar-refractivity contribution in [3.05, 3.63) is 27.9 Å². The van der Waals surface area contributed by atoms with Crippen LogP contribution in [0, 0.1) is 23.0 Å². The highest BCUT2D eigenvalue weighted by atomic mass is 16.6. The maximum Gasteiger partial charge on any atom is 0.287 e. The first-order valence-electron chi connectivity index (χ1n) is 7.73. The summed E-state index contributed by atoms with van der Waals surface area (Å²) >= 11 is 0. The predicted octanol–water partition coefficient (Wildman–Crippen LogP) is 2.27. The van der Waals surface area contributed by atoms with Crippen LogP contribution in [0.25, 0.3) is 0 Å². The maximum atomic E-state index is 10.8. The first-order chi connectivity index (χ1) is 10.1. The van der Waals surface area contributed by atoms with Crippen LogP contribution >= 0.6 is 0 Å². The van der Waals surface area contributed by atoms with Crippen LogP contribution in [0.15, 0.2) is 12.3 Å². The molecule has 0 amide bonds. The summed E-state index contributed by atoms with van der Waals surface area (Å²) < 4.78 is 0. The lowest BCUT2D eigenvalue weighted by molar-refractivity contribution is -0.385. The van der Waals surface area contributed by atoms with Gasteiger partial charge in [-0.1, -0.05) is 0 Å². The number of nitro groups is 1. The van der Waals surface area contributed by atoms with Gasteiger partial charge in [-0.05, 0) is 57.2 Å². The normalized spacial score (nSPS) is 19.5. The number of piperidine rings is 1. The van der Waals surface area contributed by atoms with Gasteiger partial charge in [0.05, 0.1) is 4.92 Å². The number of anilines is 1. The average molecular weight is 290 g/mol. The van der Waals surface area contributed by atoms with Crippen molar-refractivity contribution in [1.82, 2.24) is 10.3 Å². The van der Waals surface area contributed by atoms with Crippen LogP contribution in [-0.4, -0.2) is 35.6 Å². The number of aryl methyl sites for hydroxylation is 1. The number of hydrogen-bond acceptors (Lipinski definition) is 5. The molecule has 2 fully saturated rings. The lowest BCUT2D eigenvalue weighted by Gasteiger charge is -2.31. The molecule has 0 bridgehead atoms. The highest BCUT2D eigenvalue weighted by Crippen LogP contribution is 2.34. The van der Waals surface area contributed by atoms with Crippen molar-refractivity contribution in [1.29, 1.82) is 0 Å². The zero-order valence-corrected chi connectivity index (χ0v) is 12.4. The van der Waals surface area contributed by atoms with Crippen molar-refractivity contribution in [2.75, 3.05) is 24.5 Å². The van der Waals surface area contributed by atoms with Gasteiger partial charge >= 0.3 is 0 Å². The van der Waals surface area contributed by atoms with Crippen LogP contribution in [0.2, 0.25) is 0 Å². The van der Waals surface area contributed by atoms with Crippen LogP contribution in [-0.2, 0) is 0 Å². The number of pyridine rings is 1. The lowest BCUT2D eigenvalue weighted by atomic mass is 9.97. The van der Waals surface area contributed by atoms with Gasteiger partial charge in [0.25, 0.3) is 5.69 Å². The molecule has 2 heterocycles. The topological polar surface area (TPSA) is 71.3 Å². The summed E-state index contributed by atoms with van der Waals surface area (Å²) in [5.74, 6) is 1.63. The molecule has 1 saturated carbocycles. The minimum Gasteiger partial charge on any atom is -0.353 e. The third-order valence-electron chi connectivity index (χ3n) is 4.42. The summed E-state index contributed by atoms with van der Waals surface area (Å²) in [6.45, 7) is 5.14. The highest BCUT2D eigenvalue weighted by Gasteiger charge is 2.33. The smallest absolute Gasteiger partial charge is 0.287 e. The second-order valence-corrected chi connectivity index (χ2v) is 6.17. The summed E-state index contributed by atoms with van der Waals surface area (Å²) in [7, 11) is 0. The molecular formula is C15H22N4O2. The van der Waals surface area contributed by atoms with Crippen molar-refractivity contribution < 1.29 is 4.92 Å². The van der Waals surface area contributed by atoms with Crippen molar-refractivity contribution in [3.8, 4) is 0 Å². The molecule has 0 atom stereocenters. The monoisotopic (exact) mass is 290 g/mol. The van der Waals surface area contributed by atoms with Crippen LogP contribution in [0.1, 0.15) is 31.2 Å². The van der Waals surface area contributed by atoms with Gasteiger partial charge in [0.15, 0.2) is 0 Å². The SMILES string of the molecule is Cc1cc([N+](=O)[O-])cnc1N(CC1CCNCC1)C1CC1. The molecule has 114 valence electrons. The molecule has 0 radical (unpaired) electrons. The fourth-order valence-corrected chi connectivity index (χ4v) is 3.09. The molecule has 0 spiro atoms. The Labute approximate surface area is 124 Å². The van der Waals surface area contributed by atoms with Crippen molar-refractivity contribution in [3.63, 3.8) is 0 Å². The third-order valence-corrected chi connectivity index (χ3v) is 4.42. The van der Waals surface area contributed by atoms with Gasteiger partial charge in [-0.15, -0.1) is 0 Å². The van der Waals surface area contributed by atoms with Gasteiger partial charge in [-0.2, -0.15) is 0 Å². The Morgan fingerprint density at radius 3 is 2.67 bits per heavy atom. The molecule has 0 aromatic carbocycles. The number of nitrogens with one attached hydrogen (secondary N) is 1. The second-order valence-electron chi connectivity index (χ2n) is 6.17. The van der Waals surface area contributed by atoms with Gasteiger partial charge in [0.1, 0.15) is 12.0 Å². The average Bonchev–Trinajstić information content (AvgIpc) is 3.31. The van der Waals surface area contributed by atoms with Crippen LogP contribution in [0.4, 0.5) is 11.5 Å². The number of hydrogen-bond donors (Lipinski definition) is 1. The summed E-state index contributed by atoms with van der Waals surface area (Å²) in [4.78, 5) is 17.2. The molecule has 1 aromatic rings. The van der Waals surface area contributed by atoms with E-state index in [0.29, 0.717) is 12.0 Å². The fourth-order valence-electron chi connectivity index (χ4n) is 3.09. The molecule has 1 aliphatic carbocycles. The van der Waals surface area contributed by atoms with Crippen LogP contribution in [0.5, 0.6) is 0 Å². The zero-order chi connectivity index (χ0) is 14.8. The molecule has 21 heavy (non-hydrogen) atoms. The minimum atomic E-state index is -0.377. The maximum absolute atomic E-state index is 10.8.